The maximum atomic E-state index is 13.9. The van der Waals surface area contributed by atoms with E-state index in [1.165, 1.54) is 5.39 Å². The van der Waals surface area contributed by atoms with Gasteiger partial charge in [0.2, 0.25) is 5.91 Å². The zero-order chi connectivity index (χ0) is 28.3. The molecule has 0 unspecified atom stereocenters. The van der Waals surface area contributed by atoms with E-state index < -0.39 is 5.92 Å². The number of aromatic nitrogens is 1. The third-order valence-electron chi connectivity index (χ3n) is 7.77. The molecule has 4 aromatic rings. The van der Waals surface area contributed by atoms with Gasteiger partial charge in [-0.05, 0) is 55.5 Å². The monoisotopic (exact) mass is 546 g/mol. The lowest BCUT2D eigenvalue weighted by Crippen LogP contribution is -2.42. The van der Waals surface area contributed by atoms with Crippen LogP contribution >= 0.6 is 0 Å². The summed E-state index contributed by atoms with van der Waals surface area (Å²) in [6, 6.07) is 28.1. The van der Waals surface area contributed by atoms with Gasteiger partial charge in [-0.2, -0.15) is 0 Å². The number of hydrogen-bond donors (Lipinski definition) is 1. The maximum Gasteiger partial charge on any atom is 0.307 e. The Balaban J connectivity index is 1.19. The van der Waals surface area contributed by atoms with Crippen LogP contribution in [0.25, 0.3) is 22.2 Å². The number of amides is 1. The minimum Gasteiger partial charge on any atom is -0.463 e. The van der Waals surface area contributed by atoms with Crippen LogP contribution in [0.4, 0.5) is 0 Å². The van der Waals surface area contributed by atoms with Crippen molar-refractivity contribution in [2.24, 2.45) is 9.98 Å². The van der Waals surface area contributed by atoms with E-state index in [-0.39, 0.29) is 30.4 Å². The summed E-state index contributed by atoms with van der Waals surface area (Å²) >= 11 is 0. The quantitative estimate of drug-likeness (QED) is 0.269. The largest absolute Gasteiger partial charge is 0.463 e. The van der Waals surface area contributed by atoms with Crippen molar-refractivity contribution >= 4 is 34.3 Å². The number of fused-ring (bicyclic) bond motifs is 1. The molecule has 41 heavy (non-hydrogen) atoms. The Morgan fingerprint density at radius 1 is 0.976 bits per heavy atom. The number of rotatable bonds is 8. The van der Waals surface area contributed by atoms with E-state index in [2.05, 4.69) is 47.4 Å². The second-order valence-corrected chi connectivity index (χ2v) is 11.0. The fraction of sp³-hybridized carbons (Fsp3) is 0.294. The summed E-state index contributed by atoms with van der Waals surface area (Å²) in [6.45, 7) is 4.74. The first kappa shape index (κ1) is 26.7. The van der Waals surface area contributed by atoms with E-state index in [1.54, 1.807) is 0 Å². The SMILES string of the molecule is CC(C)OC(=O)C[C@@H](C(=O)N1CCC[C@H]1C1=NCC(c2ccc(-c3cc4ccccc4[nH]3)cc2)=N1)c1ccccc1. The third kappa shape index (κ3) is 5.71. The first-order chi connectivity index (χ1) is 20.0. The van der Waals surface area contributed by atoms with E-state index in [4.69, 9.17) is 14.7 Å². The van der Waals surface area contributed by atoms with E-state index >= 15 is 0 Å². The van der Waals surface area contributed by atoms with Crippen LogP contribution in [0.1, 0.15) is 50.2 Å². The molecular weight excluding hydrogens is 512 g/mol. The minimum absolute atomic E-state index is 0.00790. The molecule has 0 aliphatic carbocycles. The zero-order valence-corrected chi connectivity index (χ0v) is 23.4. The van der Waals surface area contributed by atoms with Gasteiger partial charge in [-0.25, -0.2) is 4.99 Å². The predicted octanol–water partition coefficient (Wildman–Crippen LogP) is 6.15. The Labute approximate surface area is 240 Å². The highest BCUT2D eigenvalue weighted by molar-refractivity contribution is 6.14. The predicted molar refractivity (Wildman–Crippen MR) is 162 cm³/mol. The van der Waals surface area contributed by atoms with Gasteiger partial charge < -0.3 is 14.6 Å². The molecule has 2 atom stereocenters. The molecule has 208 valence electrons. The number of benzene rings is 3. The number of para-hydroxylation sites is 1. The Morgan fingerprint density at radius 2 is 1.71 bits per heavy atom. The molecular formula is C34H34N4O3. The molecule has 0 saturated carbocycles. The van der Waals surface area contributed by atoms with Crippen LogP contribution in [0.15, 0.2) is 94.9 Å². The van der Waals surface area contributed by atoms with Gasteiger partial charge in [0.05, 0.1) is 36.7 Å². The standard InChI is InChI=1S/C34H34N4O3/c1-22(2)41-32(39)20-27(23-9-4-3-5-10-23)34(40)38-18-8-13-31(38)33-35-21-30(37-33)25-16-14-24(15-17-25)29-19-26-11-6-7-12-28(26)36-29/h3-7,9-12,14-17,19,22,27,31,36H,8,13,18,20-21H2,1-2H3/t27-,31+/m1/s1. The number of ether oxygens (including phenoxy) is 1. The Morgan fingerprint density at radius 3 is 2.46 bits per heavy atom. The van der Waals surface area contributed by atoms with E-state index in [1.807, 2.05) is 61.2 Å². The van der Waals surface area contributed by atoms with Crippen molar-refractivity contribution in [2.45, 2.75) is 51.2 Å². The summed E-state index contributed by atoms with van der Waals surface area (Å²) < 4.78 is 5.40. The number of H-pyrrole nitrogens is 1. The first-order valence-corrected chi connectivity index (χ1v) is 14.3. The second-order valence-electron chi connectivity index (χ2n) is 11.0. The fourth-order valence-electron chi connectivity index (χ4n) is 5.78. The number of aromatic amines is 1. The van der Waals surface area contributed by atoms with Crippen LogP contribution < -0.4 is 0 Å². The average molecular weight is 547 g/mol. The fourth-order valence-corrected chi connectivity index (χ4v) is 5.78. The number of nitrogens with one attached hydrogen (secondary N) is 1. The molecule has 1 amide bonds. The molecule has 2 aliphatic rings. The van der Waals surface area contributed by atoms with Gasteiger partial charge in [-0.15, -0.1) is 0 Å². The van der Waals surface area contributed by atoms with Gasteiger partial charge in [0.25, 0.3) is 0 Å². The topological polar surface area (TPSA) is 87.1 Å². The number of amidine groups is 1. The number of esters is 1. The van der Waals surface area contributed by atoms with Gasteiger partial charge in [0.1, 0.15) is 5.84 Å². The summed E-state index contributed by atoms with van der Waals surface area (Å²) in [5.74, 6) is -0.353. The van der Waals surface area contributed by atoms with Crippen molar-refractivity contribution in [3.63, 3.8) is 0 Å². The highest BCUT2D eigenvalue weighted by Gasteiger charge is 2.38. The molecule has 1 fully saturated rings. The van der Waals surface area contributed by atoms with Gasteiger partial charge >= 0.3 is 5.97 Å². The van der Waals surface area contributed by atoms with Crippen LogP contribution in [0.2, 0.25) is 0 Å². The number of hydrogen-bond acceptors (Lipinski definition) is 5. The summed E-state index contributed by atoms with van der Waals surface area (Å²) in [4.78, 5) is 41.6. The summed E-state index contributed by atoms with van der Waals surface area (Å²) in [6.07, 6.45) is 1.45. The molecule has 1 N–H and O–H groups in total. The van der Waals surface area contributed by atoms with Crippen molar-refractivity contribution in [1.29, 1.82) is 0 Å². The van der Waals surface area contributed by atoms with Crippen LogP contribution in [0.5, 0.6) is 0 Å². The van der Waals surface area contributed by atoms with Gasteiger partial charge in [0, 0.05) is 23.1 Å². The lowest BCUT2D eigenvalue weighted by atomic mass is 9.93. The average Bonchev–Trinajstić information content (AvgIpc) is 3.75. The third-order valence-corrected chi connectivity index (χ3v) is 7.77. The van der Waals surface area contributed by atoms with Crippen LogP contribution in [-0.4, -0.2) is 58.5 Å². The van der Waals surface area contributed by atoms with Crippen molar-refractivity contribution in [3.05, 3.63) is 96.1 Å². The molecule has 2 aliphatic heterocycles. The number of carbonyl (C=O) groups excluding carboxylic acids is 2. The number of likely N-dealkylation sites (tertiary alicyclic amines) is 1. The molecule has 0 radical (unpaired) electrons. The Hall–Kier alpha value is -4.52. The van der Waals surface area contributed by atoms with E-state index in [9.17, 15) is 9.59 Å². The number of aliphatic imine (C=N–C) groups is 2. The summed E-state index contributed by atoms with van der Waals surface area (Å²) in [5.41, 5.74) is 6.05. The van der Waals surface area contributed by atoms with E-state index in [0.717, 1.165) is 46.5 Å². The summed E-state index contributed by atoms with van der Waals surface area (Å²) in [5, 5.41) is 1.19. The molecule has 3 heterocycles. The highest BCUT2D eigenvalue weighted by atomic mass is 16.5. The molecule has 1 saturated heterocycles. The number of nitrogens with zero attached hydrogens (tertiary/aromatic N) is 3. The zero-order valence-electron chi connectivity index (χ0n) is 23.4. The lowest BCUT2D eigenvalue weighted by Gasteiger charge is -2.28. The van der Waals surface area contributed by atoms with Crippen molar-refractivity contribution < 1.29 is 14.3 Å². The first-order valence-electron chi connectivity index (χ1n) is 14.3. The smallest absolute Gasteiger partial charge is 0.307 e. The van der Waals surface area contributed by atoms with Crippen LogP contribution in [-0.2, 0) is 14.3 Å². The Kier molecular flexibility index (Phi) is 7.51. The van der Waals surface area contributed by atoms with Crippen molar-refractivity contribution in [3.8, 4) is 11.3 Å². The van der Waals surface area contributed by atoms with E-state index in [0.29, 0.717) is 18.9 Å². The van der Waals surface area contributed by atoms with Crippen LogP contribution in [0, 0.1) is 0 Å². The molecule has 1 aromatic heterocycles. The van der Waals surface area contributed by atoms with Crippen molar-refractivity contribution in [2.75, 3.05) is 13.1 Å². The molecule has 0 bridgehead atoms. The molecule has 3 aromatic carbocycles. The molecule has 7 nitrogen and oxygen atoms in total. The second kappa shape index (κ2) is 11.5. The maximum absolute atomic E-state index is 13.9. The molecule has 0 spiro atoms. The lowest BCUT2D eigenvalue weighted by molar-refractivity contribution is -0.150. The summed E-state index contributed by atoms with van der Waals surface area (Å²) in [7, 11) is 0. The number of carbonyl (C=O) groups is 2. The van der Waals surface area contributed by atoms with Gasteiger partial charge in [-0.1, -0.05) is 72.8 Å². The Bertz CT molecular complexity index is 1590. The normalized spacial score (nSPS) is 17.5. The van der Waals surface area contributed by atoms with Gasteiger partial charge in [-0.3, -0.25) is 14.6 Å². The van der Waals surface area contributed by atoms with Crippen molar-refractivity contribution in [1.82, 2.24) is 9.88 Å². The molecule has 6 rings (SSSR count). The van der Waals surface area contributed by atoms with Crippen LogP contribution in [0.3, 0.4) is 0 Å². The molecule has 7 heteroatoms. The highest BCUT2D eigenvalue weighted by Crippen LogP contribution is 2.30. The minimum atomic E-state index is -0.606. The van der Waals surface area contributed by atoms with Gasteiger partial charge in [0.15, 0.2) is 0 Å².